The van der Waals surface area contributed by atoms with E-state index in [1.165, 1.54) is 0 Å². The first-order chi connectivity index (χ1) is 5.60. The average molecular weight is 253 g/mol. The van der Waals surface area contributed by atoms with Crippen LogP contribution in [-0.4, -0.2) is 27.6 Å². The lowest BCUT2D eigenvalue weighted by Crippen LogP contribution is -2.28. The van der Waals surface area contributed by atoms with E-state index in [1.54, 1.807) is 13.8 Å². The van der Waals surface area contributed by atoms with Crippen LogP contribution in [0.5, 0.6) is 0 Å². The number of ether oxygens (including phenoxy) is 1. The molecule has 0 aromatic rings. The quantitative estimate of drug-likeness (QED) is 0.614. The van der Waals surface area contributed by atoms with Crippen molar-refractivity contribution >= 4 is 21.9 Å². The normalized spacial score (nSPS) is 12.8. The summed E-state index contributed by atoms with van der Waals surface area (Å²) in [7, 11) is 0. The molecule has 0 bridgehead atoms. The van der Waals surface area contributed by atoms with E-state index in [9.17, 15) is 9.90 Å². The summed E-state index contributed by atoms with van der Waals surface area (Å²) in [6.07, 6.45) is 0.0239. The van der Waals surface area contributed by atoms with Crippen molar-refractivity contribution in [2.45, 2.75) is 44.0 Å². The highest BCUT2D eigenvalue weighted by Gasteiger charge is 2.21. The second-order valence-corrected chi connectivity index (χ2v) is 6.52. The number of rotatable bonds is 4. The van der Waals surface area contributed by atoms with Crippen molar-refractivity contribution in [2.75, 3.05) is 6.61 Å². The summed E-state index contributed by atoms with van der Waals surface area (Å²) < 4.78 is 4.73. The fourth-order valence-corrected chi connectivity index (χ4v) is 0.771. The van der Waals surface area contributed by atoms with Crippen LogP contribution in [0.15, 0.2) is 0 Å². The molecule has 0 rings (SSSR count). The molecule has 0 saturated heterocycles. The largest absolute Gasteiger partial charge is 0.464 e. The molecule has 0 aliphatic carbocycles. The molecular weight excluding hydrogens is 236 g/mol. The van der Waals surface area contributed by atoms with E-state index in [0.29, 0.717) is 6.61 Å². The first-order valence-corrected chi connectivity index (χ1v) is 4.96. The first kappa shape index (κ1) is 12.9. The Morgan fingerprint density at radius 1 is 1.38 bits per heavy atom. The molecule has 0 saturated carbocycles. The summed E-state index contributed by atoms with van der Waals surface area (Å²) >= 11 is 3.35. The number of carbonyl (C=O) groups excluding carboxylic acids is 1. The number of halogens is 1. The molecule has 0 aromatic carbocycles. The highest BCUT2D eigenvalue weighted by Crippen LogP contribution is 2.17. The zero-order valence-electron chi connectivity index (χ0n) is 8.56. The summed E-state index contributed by atoms with van der Waals surface area (Å²) in [5, 5.41) is 9.30. The van der Waals surface area contributed by atoms with Crippen molar-refractivity contribution in [1.29, 1.82) is 0 Å². The third-order valence-electron chi connectivity index (χ3n) is 1.15. The molecule has 1 N–H and O–H groups in total. The number of alkyl halides is 1. The van der Waals surface area contributed by atoms with Crippen LogP contribution < -0.4 is 0 Å². The van der Waals surface area contributed by atoms with Gasteiger partial charge in [0.05, 0.1) is 16.3 Å². The third-order valence-corrected chi connectivity index (χ3v) is 1.38. The third kappa shape index (κ3) is 9.83. The minimum Gasteiger partial charge on any atom is -0.464 e. The summed E-state index contributed by atoms with van der Waals surface area (Å²) in [6, 6.07) is 0. The van der Waals surface area contributed by atoms with E-state index >= 15 is 0 Å². The minimum atomic E-state index is -0.993. The zero-order chi connectivity index (χ0) is 10.7. The van der Waals surface area contributed by atoms with E-state index in [0.717, 1.165) is 0 Å². The highest BCUT2D eigenvalue weighted by molar-refractivity contribution is 9.10. The Morgan fingerprint density at radius 3 is 2.15 bits per heavy atom. The molecule has 4 heteroatoms. The smallest absolute Gasteiger partial charge is 0.308 e. The van der Waals surface area contributed by atoms with Gasteiger partial charge in [0.1, 0.15) is 6.61 Å². The Morgan fingerprint density at radius 2 is 1.85 bits per heavy atom. The number of hydrogen-bond donors (Lipinski definition) is 1. The van der Waals surface area contributed by atoms with Crippen LogP contribution in [0.1, 0.15) is 34.1 Å². The van der Waals surface area contributed by atoms with Gasteiger partial charge in [-0.05, 0) is 27.7 Å². The van der Waals surface area contributed by atoms with Crippen molar-refractivity contribution in [2.24, 2.45) is 0 Å². The lowest BCUT2D eigenvalue weighted by Gasteiger charge is -2.19. The lowest BCUT2D eigenvalue weighted by molar-refractivity contribution is -0.148. The van der Waals surface area contributed by atoms with Crippen molar-refractivity contribution in [3.63, 3.8) is 0 Å². The molecule has 0 aromatic heterocycles. The van der Waals surface area contributed by atoms with E-state index < -0.39 is 5.60 Å². The Kier molecular flexibility index (Phi) is 4.39. The Balaban J connectivity index is 3.78. The van der Waals surface area contributed by atoms with E-state index in [2.05, 4.69) is 15.9 Å². The van der Waals surface area contributed by atoms with Crippen molar-refractivity contribution in [1.82, 2.24) is 0 Å². The molecule has 0 aliphatic rings. The van der Waals surface area contributed by atoms with Gasteiger partial charge in [0.15, 0.2) is 0 Å². The van der Waals surface area contributed by atoms with Crippen LogP contribution in [-0.2, 0) is 9.53 Å². The molecule has 0 heterocycles. The molecule has 0 aliphatic heterocycles. The van der Waals surface area contributed by atoms with Gasteiger partial charge in [0, 0.05) is 0 Å². The number of hydrogen-bond acceptors (Lipinski definition) is 3. The van der Waals surface area contributed by atoms with Gasteiger partial charge in [-0.15, -0.1) is 0 Å². The second-order valence-electron chi connectivity index (χ2n) is 4.37. The predicted octanol–water partition coefficient (Wildman–Crippen LogP) is 1.86. The maximum atomic E-state index is 11.1. The van der Waals surface area contributed by atoms with Gasteiger partial charge < -0.3 is 9.84 Å². The summed E-state index contributed by atoms with van der Waals surface area (Å²) in [5.74, 6) is -0.375. The number of aliphatic hydroxyl groups is 1. The van der Waals surface area contributed by atoms with Crippen molar-refractivity contribution in [3.8, 4) is 0 Å². The predicted molar refractivity (Wildman–Crippen MR) is 54.9 cm³/mol. The van der Waals surface area contributed by atoms with Gasteiger partial charge >= 0.3 is 5.97 Å². The molecule has 78 valence electrons. The molecule has 0 spiro atoms. The fraction of sp³-hybridized carbons (Fsp3) is 0.889. The highest BCUT2D eigenvalue weighted by atomic mass is 79.9. The molecule has 0 amide bonds. The monoisotopic (exact) mass is 252 g/mol. The van der Waals surface area contributed by atoms with E-state index in [-0.39, 0.29) is 16.7 Å². The van der Waals surface area contributed by atoms with Gasteiger partial charge in [0.25, 0.3) is 0 Å². The molecule has 3 nitrogen and oxygen atoms in total. The van der Waals surface area contributed by atoms with Crippen LogP contribution in [0, 0.1) is 0 Å². The Bertz CT molecular complexity index is 176. The average Bonchev–Trinajstić information content (AvgIpc) is 1.78. The first-order valence-electron chi connectivity index (χ1n) is 4.17. The Hall–Kier alpha value is -0.0900. The topological polar surface area (TPSA) is 46.5 Å². The van der Waals surface area contributed by atoms with Gasteiger partial charge in [-0.3, -0.25) is 4.79 Å². The van der Waals surface area contributed by atoms with Crippen LogP contribution >= 0.6 is 15.9 Å². The fourth-order valence-electron chi connectivity index (χ4n) is 0.656. The zero-order valence-corrected chi connectivity index (χ0v) is 10.1. The summed E-state index contributed by atoms with van der Waals surface area (Å²) in [4.78, 5) is 11.1. The molecule has 13 heavy (non-hydrogen) atoms. The lowest BCUT2D eigenvalue weighted by atomic mass is 10.1. The second kappa shape index (κ2) is 4.42. The molecule has 0 radical (unpaired) electrons. The van der Waals surface area contributed by atoms with Gasteiger partial charge in [-0.25, -0.2) is 0 Å². The van der Waals surface area contributed by atoms with Gasteiger partial charge in [-0.1, -0.05) is 15.9 Å². The molecular formula is C9H17BrO3. The number of carbonyl (C=O) groups is 1. The maximum Gasteiger partial charge on any atom is 0.308 e. The van der Waals surface area contributed by atoms with Crippen molar-refractivity contribution in [3.05, 3.63) is 0 Å². The van der Waals surface area contributed by atoms with Crippen LogP contribution in [0.3, 0.4) is 0 Å². The summed E-state index contributed by atoms with van der Waals surface area (Å²) in [6.45, 7) is 7.28. The SMILES string of the molecule is CC(C)(O)CC(=O)OCC(C)(C)Br. The number of esters is 1. The minimum absolute atomic E-state index is 0.0239. The molecule has 0 unspecified atom stereocenters. The van der Waals surface area contributed by atoms with Crippen molar-refractivity contribution < 1.29 is 14.6 Å². The van der Waals surface area contributed by atoms with Crippen LogP contribution in [0.2, 0.25) is 0 Å². The summed E-state index contributed by atoms with van der Waals surface area (Å²) in [5.41, 5.74) is -0.993. The standard InChI is InChI=1S/C9H17BrO3/c1-8(2,10)6-13-7(11)5-9(3,4)12/h12H,5-6H2,1-4H3. The van der Waals surface area contributed by atoms with Gasteiger partial charge in [0.2, 0.25) is 0 Å². The maximum absolute atomic E-state index is 11.1. The van der Waals surface area contributed by atoms with E-state index in [1.807, 2.05) is 13.8 Å². The van der Waals surface area contributed by atoms with Crippen LogP contribution in [0.4, 0.5) is 0 Å². The molecule has 0 fully saturated rings. The molecule has 0 atom stereocenters. The van der Waals surface area contributed by atoms with E-state index in [4.69, 9.17) is 4.74 Å². The van der Waals surface area contributed by atoms with Crippen LogP contribution in [0.25, 0.3) is 0 Å². The van der Waals surface area contributed by atoms with Gasteiger partial charge in [-0.2, -0.15) is 0 Å². The Labute approximate surface area is 87.6 Å².